The third-order valence-corrected chi connectivity index (χ3v) is 4.67. The summed E-state index contributed by atoms with van der Waals surface area (Å²) in [6, 6.07) is -0.227. The highest BCUT2D eigenvalue weighted by molar-refractivity contribution is 7.09. The maximum absolute atomic E-state index is 11.8. The average molecular weight is 311 g/mol. The number of rotatable bonds is 6. The van der Waals surface area contributed by atoms with Crippen molar-refractivity contribution in [2.45, 2.75) is 57.6 Å². The van der Waals surface area contributed by atoms with E-state index in [1.807, 2.05) is 12.3 Å². The molecule has 0 saturated heterocycles. The predicted octanol–water partition coefficient (Wildman–Crippen LogP) is 3.24. The summed E-state index contributed by atoms with van der Waals surface area (Å²) in [4.78, 5) is 15.9. The average Bonchev–Trinajstić information content (AvgIpc) is 2.89. The molecule has 1 heterocycles. The Morgan fingerprint density at radius 3 is 2.86 bits per heavy atom. The molecule has 1 aliphatic rings. The number of ether oxygens (including phenoxy) is 1. The van der Waals surface area contributed by atoms with Crippen LogP contribution >= 0.6 is 11.3 Å². The van der Waals surface area contributed by atoms with Crippen molar-refractivity contribution in [1.82, 2.24) is 15.6 Å². The van der Waals surface area contributed by atoms with Crippen molar-refractivity contribution in [2.24, 2.45) is 0 Å². The van der Waals surface area contributed by atoms with Crippen LogP contribution in [0.4, 0.5) is 4.79 Å². The Morgan fingerprint density at radius 2 is 2.19 bits per heavy atom. The Kier molecular flexibility index (Phi) is 6.95. The summed E-state index contributed by atoms with van der Waals surface area (Å²) in [5.41, 5.74) is 0. The van der Waals surface area contributed by atoms with Gasteiger partial charge in [0.2, 0.25) is 0 Å². The Morgan fingerprint density at radius 1 is 1.43 bits per heavy atom. The number of amides is 2. The van der Waals surface area contributed by atoms with Gasteiger partial charge in [-0.1, -0.05) is 25.7 Å². The molecule has 0 bridgehead atoms. The highest BCUT2D eigenvalue weighted by Gasteiger charge is 2.13. The van der Waals surface area contributed by atoms with E-state index < -0.39 is 0 Å². The van der Waals surface area contributed by atoms with Crippen molar-refractivity contribution in [3.8, 4) is 0 Å². The van der Waals surface area contributed by atoms with Crippen LogP contribution in [0, 0.1) is 0 Å². The second-order valence-corrected chi connectivity index (χ2v) is 6.40. The fraction of sp³-hybridized carbons (Fsp3) is 0.733. The van der Waals surface area contributed by atoms with Crippen LogP contribution in [0.15, 0.2) is 11.6 Å². The van der Waals surface area contributed by atoms with Crippen LogP contribution < -0.4 is 10.6 Å². The Balaban J connectivity index is 1.56. The van der Waals surface area contributed by atoms with Crippen molar-refractivity contribution in [1.29, 1.82) is 0 Å². The van der Waals surface area contributed by atoms with Crippen molar-refractivity contribution in [2.75, 3.05) is 13.2 Å². The van der Waals surface area contributed by atoms with Crippen LogP contribution in [0.3, 0.4) is 0 Å². The molecule has 1 aromatic rings. The Labute approximate surface area is 130 Å². The normalized spacial score (nSPS) is 18.0. The van der Waals surface area contributed by atoms with Crippen LogP contribution in [0.25, 0.3) is 0 Å². The van der Waals surface area contributed by atoms with E-state index in [4.69, 9.17) is 4.74 Å². The maximum Gasteiger partial charge on any atom is 0.315 e. The van der Waals surface area contributed by atoms with Gasteiger partial charge in [-0.15, -0.1) is 11.3 Å². The third kappa shape index (κ3) is 6.01. The summed E-state index contributed by atoms with van der Waals surface area (Å²) in [5.74, 6) is 0. The van der Waals surface area contributed by atoms with Crippen LogP contribution in [0.2, 0.25) is 0 Å². The first-order chi connectivity index (χ1) is 10.3. The van der Waals surface area contributed by atoms with E-state index in [-0.39, 0.29) is 12.1 Å². The molecule has 0 radical (unpaired) electrons. The van der Waals surface area contributed by atoms with E-state index >= 15 is 0 Å². The number of carbonyl (C=O) groups is 1. The molecule has 0 unspecified atom stereocenters. The molecule has 2 N–H and O–H groups in total. The van der Waals surface area contributed by atoms with Crippen molar-refractivity contribution in [3.63, 3.8) is 0 Å². The van der Waals surface area contributed by atoms with Gasteiger partial charge in [-0.2, -0.15) is 0 Å². The largest absolute Gasteiger partial charge is 0.376 e. The van der Waals surface area contributed by atoms with Gasteiger partial charge in [-0.05, 0) is 19.8 Å². The maximum atomic E-state index is 11.8. The van der Waals surface area contributed by atoms with Gasteiger partial charge >= 0.3 is 6.03 Å². The Bertz CT molecular complexity index is 403. The lowest BCUT2D eigenvalue weighted by Gasteiger charge is -2.16. The van der Waals surface area contributed by atoms with E-state index in [9.17, 15) is 4.79 Å². The lowest BCUT2D eigenvalue weighted by atomic mass is 10.1. The first-order valence-electron chi connectivity index (χ1n) is 7.81. The zero-order valence-corrected chi connectivity index (χ0v) is 13.5. The van der Waals surface area contributed by atoms with Gasteiger partial charge in [0.25, 0.3) is 0 Å². The smallest absolute Gasteiger partial charge is 0.315 e. The first kappa shape index (κ1) is 16.2. The predicted molar refractivity (Wildman–Crippen MR) is 84.5 cm³/mol. The number of hydrogen-bond donors (Lipinski definition) is 2. The molecule has 0 aliphatic heterocycles. The number of nitrogens with one attached hydrogen (secondary N) is 2. The SMILES string of the molecule is C[C@H](NC(=O)NCCOC1CCCCCC1)c1nccs1. The number of carbonyl (C=O) groups excluding carboxylic acids is 1. The quantitative estimate of drug-likeness (QED) is 0.626. The zero-order valence-electron chi connectivity index (χ0n) is 12.6. The zero-order chi connectivity index (χ0) is 14.9. The number of thiazole rings is 1. The van der Waals surface area contributed by atoms with Gasteiger partial charge in [0.05, 0.1) is 18.8 Å². The van der Waals surface area contributed by atoms with E-state index in [2.05, 4.69) is 15.6 Å². The molecule has 1 aliphatic carbocycles. The van der Waals surface area contributed by atoms with E-state index in [1.54, 1.807) is 17.5 Å². The summed E-state index contributed by atoms with van der Waals surface area (Å²) < 4.78 is 5.84. The number of aromatic nitrogens is 1. The fourth-order valence-corrected chi connectivity index (χ4v) is 3.20. The minimum atomic E-state index is -0.165. The molecule has 0 spiro atoms. The van der Waals surface area contributed by atoms with Gasteiger partial charge in [-0.3, -0.25) is 0 Å². The van der Waals surface area contributed by atoms with Gasteiger partial charge in [0.15, 0.2) is 0 Å². The molecule has 1 atom stereocenters. The molecular formula is C15H25N3O2S. The molecule has 2 amide bonds. The topological polar surface area (TPSA) is 63.2 Å². The van der Waals surface area contributed by atoms with E-state index in [1.165, 1.54) is 25.7 Å². The molecule has 0 aromatic carbocycles. The molecule has 1 aromatic heterocycles. The highest BCUT2D eigenvalue weighted by Crippen LogP contribution is 2.19. The molecule has 5 nitrogen and oxygen atoms in total. The van der Waals surface area contributed by atoms with Crippen molar-refractivity contribution >= 4 is 17.4 Å². The molecular weight excluding hydrogens is 286 g/mol. The molecule has 2 rings (SSSR count). The lowest BCUT2D eigenvalue weighted by molar-refractivity contribution is 0.0460. The molecule has 1 saturated carbocycles. The second-order valence-electron chi connectivity index (χ2n) is 5.48. The summed E-state index contributed by atoms with van der Waals surface area (Å²) in [7, 11) is 0. The summed E-state index contributed by atoms with van der Waals surface area (Å²) in [6.45, 7) is 3.07. The summed E-state index contributed by atoms with van der Waals surface area (Å²) in [6.07, 6.45) is 9.64. The van der Waals surface area contributed by atoms with Crippen LogP contribution in [0.5, 0.6) is 0 Å². The Hall–Kier alpha value is -1.14. The van der Waals surface area contributed by atoms with Crippen molar-refractivity contribution in [3.05, 3.63) is 16.6 Å². The fourth-order valence-electron chi connectivity index (χ4n) is 2.56. The van der Waals surface area contributed by atoms with Gasteiger partial charge in [0.1, 0.15) is 5.01 Å². The van der Waals surface area contributed by atoms with E-state index in [0.29, 0.717) is 19.3 Å². The molecule has 21 heavy (non-hydrogen) atoms. The summed E-state index contributed by atoms with van der Waals surface area (Å²) >= 11 is 1.54. The van der Waals surface area contributed by atoms with E-state index in [0.717, 1.165) is 17.8 Å². The van der Waals surface area contributed by atoms with Gasteiger partial charge in [0, 0.05) is 18.1 Å². The first-order valence-corrected chi connectivity index (χ1v) is 8.69. The standard InChI is InChI=1S/C15H25N3O2S/c1-12(14-16-9-11-21-14)18-15(19)17-8-10-20-13-6-4-2-3-5-7-13/h9,11-13H,2-8,10H2,1H3,(H2,17,18,19)/t12-/m0/s1. The molecule has 118 valence electrons. The van der Waals surface area contributed by atoms with Crippen LogP contribution in [-0.4, -0.2) is 30.3 Å². The van der Waals surface area contributed by atoms with Gasteiger partial charge < -0.3 is 15.4 Å². The van der Waals surface area contributed by atoms with Crippen molar-refractivity contribution < 1.29 is 9.53 Å². The molecule has 6 heteroatoms. The summed E-state index contributed by atoms with van der Waals surface area (Å²) in [5, 5.41) is 8.53. The lowest BCUT2D eigenvalue weighted by Crippen LogP contribution is -2.39. The second kappa shape index (κ2) is 9.00. The number of urea groups is 1. The number of hydrogen-bond acceptors (Lipinski definition) is 4. The van der Waals surface area contributed by atoms with Crippen LogP contribution in [0.1, 0.15) is 56.5 Å². The van der Waals surface area contributed by atoms with Crippen LogP contribution in [-0.2, 0) is 4.74 Å². The third-order valence-electron chi connectivity index (χ3n) is 3.71. The minimum Gasteiger partial charge on any atom is -0.376 e. The minimum absolute atomic E-state index is 0.0622. The number of nitrogens with zero attached hydrogens (tertiary/aromatic N) is 1. The highest BCUT2D eigenvalue weighted by atomic mass is 32.1. The molecule has 1 fully saturated rings. The van der Waals surface area contributed by atoms with Gasteiger partial charge in [-0.25, -0.2) is 9.78 Å². The monoisotopic (exact) mass is 311 g/mol.